The molecule has 12 heteroatoms. The Morgan fingerprint density at radius 3 is 2.35 bits per heavy atom. The standard InChI is InChI=1S/C19H19F6N5O/c20-18(21,22)8-29-5-11-12(6-29)15(11)30-7-13(28-17(30)9-1-2-9)10-3-14(16(26)27-4-10)31-19(23,24)25/h3-4,7,9,11-12,15H,1-2,5-6,8H2,(H2,26,27). The Morgan fingerprint density at radius 2 is 1.77 bits per heavy atom. The molecule has 1 saturated heterocycles. The Hall–Kier alpha value is -2.50. The van der Waals surface area contributed by atoms with Crippen LogP contribution in [0.1, 0.15) is 30.6 Å². The summed E-state index contributed by atoms with van der Waals surface area (Å²) >= 11 is 0. The summed E-state index contributed by atoms with van der Waals surface area (Å²) < 4.78 is 81.8. The lowest BCUT2D eigenvalue weighted by Crippen LogP contribution is -2.34. The minimum Gasteiger partial charge on any atom is -0.402 e. The zero-order valence-electron chi connectivity index (χ0n) is 16.1. The van der Waals surface area contributed by atoms with E-state index in [0.29, 0.717) is 24.3 Å². The third kappa shape index (κ3) is 4.17. The highest BCUT2D eigenvalue weighted by Crippen LogP contribution is 2.57. The predicted octanol–water partition coefficient (Wildman–Crippen LogP) is 3.97. The van der Waals surface area contributed by atoms with Crippen molar-refractivity contribution in [3.8, 4) is 17.0 Å². The van der Waals surface area contributed by atoms with E-state index in [1.807, 2.05) is 4.57 Å². The molecule has 2 atom stereocenters. The second-order valence-corrected chi connectivity index (χ2v) is 8.45. The summed E-state index contributed by atoms with van der Waals surface area (Å²) in [6.07, 6.45) is -4.11. The summed E-state index contributed by atoms with van der Waals surface area (Å²) in [7, 11) is 0. The highest BCUT2D eigenvalue weighted by molar-refractivity contribution is 5.64. The molecule has 0 spiro atoms. The number of pyridine rings is 1. The molecule has 0 bridgehead atoms. The largest absolute Gasteiger partial charge is 0.573 e. The van der Waals surface area contributed by atoms with E-state index in [2.05, 4.69) is 14.7 Å². The summed E-state index contributed by atoms with van der Waals surface area (Å²) in [5.41, 5.74) is 6.27. The fourth-order valence-electron chi connectivity index (χ4n) is 4.61. The molecule has 2 unspecified atom stereocenters. The Balaban J connectivity index is 1.38. The first-order chi connectivity index (χ1) is 14.5. The van der Waals surface area contributed by atoms with E-state index in [0.717, 1.165) is 24.7 Å². The van der Waals surface area contributed by atoms with E-state index in [-0.39, 0.29) is 29.6 Å². The third-order valence-electron chi connectivity index (χ3n) is 6.06. The summed E-state index contributed by atoms with van der Waals surface area (Å²) in [5.74, 6) is 0.343. The van der Waals surface area contributed by atoms with Crippen molar-refractivity contribution < 1.29 is 31.1 Å². The van der Waals surface area contributed by atoms with E-state index in [1.165, 1.54) is 11.1 Å². The average Bonchev–Trinajstić information content (AvgIpc) is 3.50. The Bertz CT molecular complexity index is 987. The van der Waals surface area contributed by atoms with Gasteiger partial charge in [0.2, 0.25) is 0 Å². The van der Waals surface area contributed by atoms with Gasteiger partial charge in [0, 0.05) is 43.0 Å². The van der Waals surface area contributed by atoms with Crippen LogP contribution in [0.25, 0.3) is 11.3 Å². The number of ether oxygens (including phenoxy) is 1. The molecular weight excluding hydrogens is 428 g/mol. The Morgan fingerprint density at radius 1 is 1.10 bits per heavy atom. The number of halogens is 6. The van der Waals surface area contributed by atoms with Gasteiger partial charge in [-0.25, -0.2) is 9.97 Å². The second-order valence-electron chi connectivity index (χ2n) is 8.45. The van der Waals surface area contributed by atoms with Crippen molar-refractivity contribution in [2.45, 2.75) is 37.3 Å². The van der Waals surface area contributed by atoms with E-state index in [4.69, 9.17) is 5.73 Å². The normalized spacial score (nSPS) is 26.2. The molecule has 5 rings (SSSR count). The number of piperidine rings is 1. The lowest BCUT2D eigenvalue weighted by atomic mass is 10.2. The van der Waals surface area contributed by atoms with Crippen LogP contribution < -0.4 is 10.5 Å². The van der Waals surface area contributed by atoms with Gasteiger partial charge in [0.05, 0.1) is 12.2 Å². The first kappa shape index (κ1) is 20.4. The van der Waals surface area contributed by atoms with Gasteiger partial charge >= 0.3 is 12.5 Å². The van der Waals surface area contributed by atoms with E-state index < -0.39 is 24.8 Å². The zero-order valence-corrected chi connectivity index (χ0v) is 16.1. The van der Waals surface area contributed by atoms with Crippen LogP contribution in [0.4, 0.5) is 32.2 Å². The highest BCUT2D eigenvalue weighted by Gasteiger charge is 2.58. The van der Waals surface area contributed by atoms with E-state index >= 15 is 0 Å². The van der Waals surface area contributed by atoms with Gasteiger partial charge < -0.3 is 15.0 Å². The van der Waals surface area contributed by atoms with Gasteiger partial charge in [-0.15, -0.1) is 13.2 Å². The van der Waals surface area contributed by atoms with Crippen LogP contribution in [0.5, 0.6) is 5.75 Å². The molecule has 3 aliphatic rings. The quantitative estimate of drug-likeness (QED) is 0.703. The molecular formula is C19H19F6N5O. The van der Waals surface area contributed by atoms with E-state index in [1.54, 1.807) is 6.20 Å². The first-order valence-corrected chi connectivity index (χ1v) is 9.88. The Kier molecular flexibility index (Phi) is 4.44. The maximum Gasteiger partial charge on any atom is 0.573 e. The van der Waals surface area contributed by atoms with Gasteiger partial charge in [-0.1, -0.05) is 0 Å². The minimum atomic E-state index is -4.90. The number of nitrogens with two attached hydrogens (primary N) is 1. The van der Waals surface area contributed by atoms with Gasteiger partial charge in [-0.05, 0) is 30.7 Å². The molecule has 3 heterocycles. The molecule has 2 aromatic heterocycles. The fraction of sp³-hybridized carbons (Fsp3) is 0.579. The highest BCUT2D eigenvalue weighted by atomic mass is 19.4. The van der Waals surface area contributed by atoms with Crippen LogP contribution in [0.3, 0.4) is 0 Å². The number of hydrogen-bond acceptors (Lipinski definition) is 5. The SMILES string of the molecule is Nc1ncc(-c2cn(C3C4CN(CC(F)(F)F)CC43)c(C3CC3)n2)cc1OC(F)(F)F. The summed E-state index contributed by atoms with van der Waals surface area (Å²) in [6, 6.07) is 1.21. The maximum atomic E-state index is 12.7. The monoisotopic (exact) mass is 447 g/mol. The molecule has 2 saturated carbocycles. The van der Waals surface area contributed by atoms with Gasteiger partial charge in [0.1, 0.15) is 5.82 Å². The van der Waals surface area contributed by atoms with Crippen LogP contribution in [-0.2, 0) is 0 Å². The molecule has 0 radical (unpaired) electrons. The van der Waals surface area contributed by atoms with Crippen molar-refractivity contribution in [3.63, 3.8) is 0 Å². The van der Waals surface area contributed by atoms with Crippen molar-refractivity contribution in [2.75, 3.05) is 25.4 Å². The molecule has 6 nitrogen and oxygen atoms in total. The van der Waals surface area contributed by atoms with E-state index in [9.17, 15) is 26.3 Å². The number of fused-ring (bicyclic) bond motifs is 1. The van der Waals surface area contributed by atoms with Crippen LogP contribution in [0.2, 0.25) is 0 Å². The zero-order chi connectivity index (χ0) is 22.1. The van der Waals surface area contributed by atoms with Crippen molar-refractivity contribution in [3.05, 3.63) is 24.3 Å². The lowest BCUT2D eigenvalue weighted by molar-refractivity contribution is -0.274. The number of nitrogen functional groups attached to an aromatic ring is 1. The lowest BCUT2D eigenvalue weighted by Gasteiger charge is -2.21. The number of aromatic nitrogens is 3. The molecule has 2 aliphatic carbocycles. The minimum absolute atomic E-state index is 0.0639. The van der Waals surface area contributed by atoms with Crippen molar-refractivity contribution >= 4 is 5.82 Å². The third-order valence-corrected chi connectivity index (χ3v) is 6.06. The molecule has 168 valence electrons. The fourth-order valence-corrected chi connectivity index (χ4v) is 4.61. The average molecular weight is 447 g/mol. The van der Waals surface area contributed by atoms with Crippen molar-refractivity contribution in [2.24, 2.45) is 11.8 Å². The van der Waals surface area contributed by atoms with Crippen LogP contribution in [-0.4, -0.2) is 51.6 Å². The molecule has 1 aliphatic heterocycles. The number of anilines is 1. The van der Waals surface area contributed by atoms with Gasteiger partial charge in [0.25, 0.3) is 0 Å². The topological polar surface area (TPSA) is 69.2 Å². The molecule has 3 fully saturated rings. The van der Waals surface area contributed by atoms with Crippen molar-refractivity contribution in [1.29, 1.82) is 0 Å². The summed E-state index contributed by atoms with van der Waals surface area (Å²) in [5, 5.41) is 0. The van der Waals surface area contributed by atoms with Gasteiger partial charge in [-0.3, -0.25) is 4.90 Å². The van der Waals surface area contributed by atoms with Crippen molar-refractivity contribution in [1.82, 2.24) is 19.4 Å². The number of imidazole rings is 1. The molecule has 2 aromatic rings. The maximum absolute atomic E-state index is 12.7. The molecule has 31 heavy (non-hydrogen) atoms. The number of rotatable bonds is 5. The molecule has 2 N–H and O–H groups in total. The molecule has 0 amide bonds. The number of alkyl halides is 6. The smallest absolute Gasteiger partial charge is 0.402 e. The van der Waals surface area contributed by atoms with Crippen LogP contribution in [0.15, 0.2) is 18.5 Å². The van der Waals surface area contributed by atoms with Gasteiger partial charge in [-0.2, -0.15) is 13.2 Å². The predicted molar refractivity (Wildman–Crippen MR) is 97.0 cm³/mol. The summed E-state index contributed by atoms with van der Waals surface area (Å²) in [4.78, 5) is 9.84. The number of hydrogen-bond donors (Lipinski definition) is 1. The van der Waals surface area contributed by atoms with Crippen LogP contribution >= 0.6 is 0 Å². The van der Waals surface area contributed by atoms with Gasteiger partial charge in [0.15, 0.2) is 11.6 Å². The second kappa shape index (κ2) is 6.75. The number of nitrogens with zero attached hydrogens (tertiary/aromatic N) is 4. The van der Waals surface area contributed by atoms with Crippen LogP contribution in [0, 0.1) is 11.8 Å². The summed E-state index contributed by atoms with van der Waals surface area (Å²) in [6.45, 7) is -0.157. The number of likely N-dealkylation sites (tertiary alicyclic amines) is 1. The Labute approximate surface area is 173 Å². The molecule has 0 aromatic carbocycles. The first-order valence-electron chi connectivity index (χ1n) is 9.88.